The summed E-state index contributed by atoms with van der Waals surface area (Å²) in [4.78, 5) is 4.10. The zero-order chi connectivity index (χ0) is 11.5. The lowest BCUT2D eigenvalue weighted by Gasteiger charge is -2.11. The second kappa shape index (κ2) is 4.44. The minimum Gasteiger partial charge on any atom is -0.258 e. The Kier molecular flexibility index (Phi) is 3.00. The molecule has 0 spiro atoms. The van der Waals surface area contributed by atoms with Crippen LogP contribution < -0.4 is 0 Å². The molecule has 0 aliphatic rings. The van der Waals surface area contributed by atoms with Crippen LogP contribution in [0.15, 0.2) is 42.6 Å². The molecule has 0 fully saturated rings. The molecule has 2 rings (SSSR count). The molecular weight excluding hydrogens is 201 g/mol. The standard InChI is InChI=1S/C14H14FN/c1-10-3-5-12(6-4-10)11(2)14-8-7-13(15)9-16-14/h3-9,11H,1-2H3. The van der Waals surface area contributed by atoms with Gasteiger partial charge in [0.1, 0.15) is 5.82 Å². The number of rotatable bonds is 2. The number of nitrogens with zero attached hydrogens (tertiary/aromatic N) is 1. The van der Waals surface area contributed by atoms with Crippen LogP contribution in [0.4, 0.5) is 4.39 Å². The molecule has 0 N–H and O–H groups in total. The third kappa shape index (κ3) is 2.27. The van der Waals surface area contributed by atoms with Crippen LogP contribution in [0, 0.1) is 12.7 Å². The van der Waals surface area contributed by atoms with Crippen molar-refractivity contribution in [3.8, 4) is 0 Å². The van der Waals surface area contributed by atoms with Crippen molar-refractivity contribution in [1.29, 1.82) is 0 Å². The number of benzene rings is 1. The van der Waals surface area contributed by atoms with Crippen LogP contribution in [-0.4, -0.2) is 4.98 Å². The minimum absolute atomic E-state index is 0.196. The minimum atomic E-state index is -0.292. The molecule has 1 atom stereocenters. The third-order valence-corrected chi connectivity index (χ3v) is 2.77. The Hall–Kier alpha value is -1.70. The van der Waals surface area contributed by atoms with Gasteiger partial charge >= 0.3 is 0 Å². The van der Waals surface area contributed by atoms with Crippen molar-refractivity contribution in [2.75, 3.05) is 0 Å². The number of aromatic nitrogens is 1. The highest BCUT2D eigenvalue weighted by Gasteiger charge is 2.09. The van der Waals surface area contributed by atoms with Gasteiger partial charge in [-0.1, -0.05) is 36.8 Å². The van der Waals surface area contributed by atoms with Gasteiger partial charge in [0.15, 0.2) is 0 Å². The number of pyridine rings is 1. The third-order valence-electron chi connectivity index (χ3n) is 2.77. The summed E-state index contributed by atoms with van der Waals surface area (Å²) in [6.45, 7) is 4.13. The average molecular weight is 215 g/mol. The van der Waals surface area contributed by atoms with Gasteiger partial charge in [-0.2, -0.15) is 0 Å². The maximum atomic E-state index is 12.7. The van der Waals surface area contributed by atoms with Crippen molar-refractivity contribution in [2.45, 2.75) is 19.8 Å². The van der Waals surface area contributed by atoms with Gasteiger partial charge < -0.3 is 0 Å². The molecule has 0 aliphatic carbocycles. The van der Waals surface area contributed by atoms with Gasteiger partial charge in [-0.15, -0.1) is 0 Å². The number of hydrogen-bond donors (Lipinski definition) is 0. The zero-order valence-electron chi connectivity index (χ0n) is 9.44. The van der Waals surface area contributed by atoms with E-state index in [1.165, 1.54) is 23.4 Å². The van der Waals surface area contributed by atoms with Gasteiger partial charge in [-0.05, 0) is 24.6 Å². The van der Waals surface area contributed by atoms with Crippen molar-refractivity contribution >= 4 is 0 Å². The molecule has 1 aromatic heterocycles. The average Bonchev–Trinajstić information content (AvgIpc) is 2.30. The van der Waals surface area contributed by atoms with Crippen molar-refractivity contribution < 1.29 is 4.39 Å². The fourth-order valence-corrected chi connectivity index (χ4v) is 1.67. The summed E-state index contributed by atoms with van der Waals surface area (Å²) in [5.41, 5.74) is 3.33. The van der Waals surface area contributed by atoms with E-state index in [4.69, 9.17) is 0 Å². The molecule has 2 heteroatoms. The molecule has 1 unspecified atom stereocenters. The maximum Gasteiger partial charge on any atom is 0.141 e. The van der Waals surface area contributed by atoms with Gasteiger partial charge in [-0.25, -0.2) is 4.39 Å². The Labute approximate surface area is 95.0 Å². The Morgan fingerprint density at radius 3 is 2.31 bits per heavy atom. The molecule has 0 amide bonds. The predicted molar refractivity (Wildman–Crippen MR) is 62.9 cm³/mol. The van der Waals surface area contributed by atoms with Crippen molar-refractivity contribution in [3.63, 3.8) is 0 Å². The predicted octanol–water partition coefficient (Wildman–Crippen LogP) is 3.68. The van der Waals surface area contributed by atoms with Crippen LogP contribution in [0.3, 0.4) is 0 Å². The molecule has 1 heterocycles. The highest BCUT2D eigenvalue weighted by atomic mass is 19.1. The van der Waals surface area contributed by atoms with E-state index in [-0.39, 0.29) is 11.7 Å². The summed E-state index contributed by atoms with van der Waals surface area (Å²) in [5.74, 6) is -0.0962. The fraction of sp³-hybridized carbons (Fsp3) is 0.214. The highest BCUT2D eigenvalue weighted by Crippen LogP contribution is 2.22. The van der Waals surface area contributed by atoms with Gasteiger partial charge in [0, 0.05) is 11.6 Å². The zero-order valence-corrected chi connectivity index (χ0v) is 9.44. The van der Waals surface area contributed by atoms with E-state index in [0.717, 1.165) is 5.69 Å². The molecular formula is C14H14FN. The van der Waals surface area contributed by atoms with Crippen LogP contribution in [-0.2, 0) is 0 Å². The smallest absolute Gasteiger partial charge is 0.141 e. The Bertz CT molecular complexity index is 414. The lowest BCUT2D eigenvalue weighted by Crippen LogP contribution is -1.99. The fourth-order valence-electron chi connectivity index (χ4n) is 1.67. The molecule has 0 aliphatic heterocycles. The first-order valence-electron chi connectivity index (χ1n) is 5.35. The molecule has 0 saturated heterocycles. The Morgan fingerprint density at radius 2 is 1.75 bits per heavy atom. The summed E-state index contributed by atoms with van der Waals surface area (Å²) in [6, 6.07) is 11.5. The van der Waals surface area contributed by atoms with E-state index in [9.17, 15) is 4.39 Å². The van der Waals surface area contributed by atoms with Crippen LogP contribution in [0.25, 0.3) is 0 Å². The van der Waals surface area contributed by atoms with Gasteiger partial charge in [0.25, 0.3) is 0 Å². The van der Waals surface area contributed by atoms with E-state index >= 15 is 0 Å². The van der Waals surface area contributed by atoms with Gasteiger partial charge in [-0.3, -0.25) is 4.98 Å². The molecule has 1 aromatic carbocycles. The van der Waals surface area contributed by atoms with Crippen molar-refractivity contribution in [2.24, 2.45) is 0 Å². The second-order valence-corrected chi connectivity index (χ2v) is 4.03. The lowest BCUT2D eigenvalue weighted by atomic mass is 9.96. The molecule has 2 aromatic rings. The van der Waals surface area contributed by atoms with E-state index in [1.807, 2.05) is 0 Å². The Balaban J connectivity index is 2.28. The van der Waals surface area contributed by atoms with E-state index in [0.29, 0.717) is 0 Å². The molecule has 0 radical (unpaired) electrons. The first-order valence-corrected chi connectivity index (χ1v) is 5.35. The van der Waals surface area contributed by atoms with E-state index in [1.54, 1.807) is 6.07 Å². The van der Waals surface area contributed by atoms with E-state index in [2.05, 4.69) is 43.1 Å². The first-order chi connectivity index (χ1) is 7.66. The topological polar surface area (TPSA) is 12.9 Å². The summed E-state index contributed by atoms with van der Waals surface area (Å²) in [6.07, 6.45) is 1.26. The quantitative estimate of drug-likeness (QED) is 0.744. The number of halogens is 1. The van der Waals surface area contributed by atoms with Crippen LogP contribution >= 0.6 is 0 Å². The molecule has 82 valence electrons. The van der Waals surface area contributed by atoms with Gasteiger partial charge in [0.05, 0.1) is 6.20 Å². The molecule has 16 heavy (non-hydrogen) atoms. The van der Waals surface area contributed by atoms with Crippen molar-refractivity contribution in [3.05, 3.63) is 65.2 Å². The summed E-state index contributed by atoms with van der Waals surface area (Å²) < 4.78 is 12.7. The second-order valence-electron chi connectivity index (χ2n) is 4.03. The molecule has 0 saturated carbocycles. The lowest BCUT2D eigenvalue weighted by molar-refractivity contribution is 0.618. The monoisotopic (exact) mass is 215 g/mol. The normalized spacial score (nSPS) is 12.4. The largest absolute Gasteiger partial charge is 0.258 e. The van der Waals surface area contributed by atoms with Crippen LogP contribution in [0.1, 0.15) is 29.7 Å². The van der Waals surface area contributed by atoms with Crippen molar-refractivity contribution in [1.82, 2.24) is 4.98 Å². The van der Waals surface area contributed by atoms with Gasteiger partial charge in [0.2, 0.25) is 0 Å². The highest BCUT2D eigenvalue weighted by molar-refractivity contribution is 5.29. The summed E-state index contributed by atoms with van der Waals surface area (Å²) >= 11 is 0. The SMILES string of the molecule is Cc1ccc(C(C)c2ccc(F)cn2)cc1. The first kappa shape index (κ1) is 10.8. The molecule has 0 bridgehead atoms. The summed E-state index contributed by atoms with van der Waals surface area (Å²) in [7, 11) is 0. The Morgan fingerprint density at radius 1 is 1.06 bits per heavy atom. The van der Waals surface area contributed by atoms with E-state index < -0.39 is 0 Å². The number of hydrogen-bond acceptors (Lipinski definition) is 1. The summed E-state index contributed by atoms with van der Waals surface area (Å²) in [5, 5.41) is 0. The number of aryl methyl sites for hydroxylation is 1. The van der Waals surface area contributed by atoms with Crippen LogP contribution in [0.2, 0.25) is 0 Å². The van der Waals surface area contributed by atoms with Crippen LogP contribution in [0.5, 0.6) is 0 Å². The maximum absolute atomic E-state index is 12.7. The molecule has 1 nitrogen and oxygen atoms in total.